The number of nitrogens with zero attached hydrogens (tertiary/aromatic N) is 2. The molecular formula is C10H14BrN3O. The second-order valence-corrected chi connectivity index (χ2v) is 4.33. The molecule has 1 aliphatic heterocycles. The van der Waals surface area contributed by atoms with Crippen molar-refractivity contribution >= 4 is 21.7 Å². The Hall–Kier alpha value is -0.650. The molecular weight excluding hydrogens is 258 g/mol. The number of morpholine rings is 1. The van der Waals surface area contributed by atoms with Crippen LogP contribution in [0.25, 0.3) is 0 Å². The molecule has 1 saturated heterocycles. The molecule has 0 atom stereocenters. The number of hydrogen-bond donors (Lipinski definition) is 1. The topological polar surface area (TPSA) is 37.4 Å². The fraction of sp³-hybridized carbons (Fsp3) is 0.500. The van der Waals surface area contributed by atoms with E-state index in [0.717, 1.165) is 42.3 Å². The summed E-state index contributed by atoms with van der Waals surface area (Å²) >= 11 is 3.43. The minimum Gasteiger partial charge on any atom is -0.379 e. The van der Waals surface area contributed by atoms with Gasteiger partial charge in [0.05, 0.1) is 18.9 Å². The Balaban J connectivity index is 2.00. The lowest BCUT2D eigenvalue weighted by atomic mass is 10.4. The van der Waals surface area contributed by atoms with E-state index >= 15 is 0 Å². The summed E-state index contributed by atoms with van der Waals surface area (Å²) in [6.07, 6.45) is 0. The fourth-order valence-electron chi connectivity index (χ4n) is 1.44. The molecule has 1 aliphatic rings. The molecule has 0 saturated carbocycles. The molecule has 0 radical (unpaired) electrons. The molecule has 0 aliphatic carbocycles. The van der Waals surface area contributed by atoms with E-state index in [2.05, 4.69) is 31.3 Å². The van der Waals surface area contributed by atoms with E-state index in [0.29, 0.717) is 0 Å². The van der Waals surface area contributed by atoms with Crippen LogP contribution in [0.2, 0.25) is 0 Å². The number of aryl methyl sites for hydroxylation is 1. The zero-order valence-corrected chi connectivity index (χ0v) is 10.2. The number of halogens is 1. The van der Waals surface area contributed by atoms with Crippen LogP contribution in [0, 0.1) is 6.92 Å². The molecule has 5 heteroatoms. The number of hydrogen-bond acceptors (Lipinski definition) is 4. The number of nitrogens with one attached hydrogen (secondary N) is 1. The van der Waals surface area contributed by atoms with Gasteiger partial charge in [-0.25, -0.2) is 9.99 Å². The van der Waals surface area contributed by atoms with Gasteiger partial charge in [0.15, 0.2) is 0 Å². The van der Waals surface area contributed by atoms with Crippen molar-refractivity contribution < 1.29 is 4.74 Å². The third kappa shape index (κ3) is 2.90. The third-order valence-electron chi connectivity index (χ3n) is 2.31. The lowest BCUT2D eigenvalue weighted by Gasteiger charge is -2.27. The van der Waals surface area contributed by atoms with Crippen molar-refractivity contribution in [1.29, 1.82) is 0 Å². The summed E-state index contributed by atoms with van der Waals surface area (Å²) in [7, 11) is 0. The van der Waals surface area contributed by atoms with Gasteiger partial charge in [-0.1, -0.05) is 0 Å². The Morgan fingerprint density at radius 1 is 1.40 bits per heavy atom. The molecule has 0 spiro atoms. The van der Waals surface area contributed by atoms with E-state index < -0.39 is 0 Å². The van der Waals surface area contributed by atoms with Gasteiger partial charge in [-0.15, -0.1) is 0 Å². The zero-order chi connectivity index (χ0) is 10.7. The largest absolute Gasteiger partial charge is 0.379 e. The summed E-state index contributed by atoms with van der Waals surface area (Å²) in [5.41, 5.74) is 4.26. The van der Waals surface area contributed by atoms with Crippen molar-refractivity contribution in [2.75, 3.05) is 31.7 Å². The van der Waals surface area contributed by atoms with E-state index in [1.807, 2.05) is 19.1 Å². The van der Waals surface area contributed by atoms with Crippen LogP contribution in [0.4, 0.5) is 5.82 Å². The summed E-state index contributed by atoms with van der Waals surface area (Å²) in [5.74, 6) is 0.887. The van der Waals surface area contributed by atoms with Crippen LogP contribution < -0.4 is 5.43 Å². The summed E-state index contributed by atoms with van der Waals surface area (Å²) in [6.45, 7) is 5.34. The van der Waals surface area contributed by atoms with Gasteiger partial charge >= 0.3 is 0 Å². The molecule has 0 unspecified atom stereocenters. The summed E-state index contributed by atoms with van der Waals surface area (Å²) < 4.78 is 6.31. The molecule has 15 heavy (non-hydrogen) atoms. The van der Waals surface area contributed by atoms with E-state index in [1.165, 1.54) is 0 Å². The van der Waals surface area contributed by atoms with Gasteiger partial charge in [0, 0.05) is 17.6 Å². The van der Waals surface area contributed by atoms with Gasteiger partial charge in [0.2, 0.25) is 0 Å². The van der Waals surface area contributed by atoms with E-state index in [9.17, 15) is 0 Å². The first kappa shape index (κ1) is 10.9. The van der Waals surface area contributed by atoms with Crippen LogP contribution in [0.1, 0.15) is 5.69 Å². The molecule has 1 N–H and O–H groups in total. The highest BCUT2D eigenvalue weighted by Crippen LogP contribution is 2.16. The van der Waals surface area contributed by atoms with Crippen molar-refractivity contribution in [3.63, 3.8) is 0 Å². The average Bonchev–Trinajstić information content (AvgIpc) is 2.25. The smallest absolute Gasteiger partial charge is 0.140 e. The van der Waals surface area contributed by atoms with E-state index in [4.69, 9.17) is 4.74 Å². The van der Waals surface area contributed by atoms with Gasteiger partial charge in [-0.2, -0.15) is 0 Å². The first-order chi connectivity index (χ1) is 7.25. The van der Waals surface area contributed by atoms with Gasteiger partial charge < -0.3 is 10.2 Å². The average molecular weight is 272 g/mol. The van der Waals surface area contributed by atoms with Crippen LogP contribution >= 0.6 is 15.9 Å². The number of rotatable bonds is 2. The predicted molar refractivity (Wildman–Crippen MR) is 62.7 cm³/mol. The maximum atomic E-state index is 5.27. The second kappa shape index (κ2) is 4.92. The standard InChI is InChI=1S/C10H14BrN3O/c1-8-9(11)2-3-10(12-8)13-14-4-6-15-7-5-14/h2-3H,4-7H2,1H3,(H,12,13). The van der Waals surface area contributed by atoms with Gasteiger partial charge in [-0.05, 0) is 35.0 Å². The number of pyridine rings is 1. The Labute approximate surface area is 97.7 Å². The Morgan fingerprint density at radius 3 is 2.80 bits per heavy atom. The number of ether oxygens (including phenoxy) is 1. The first-order valence-electron chi connectivity index (χ1n) is 4.98. The fourth-order valence-corrected chi connectivity index (χ4v) is 1.66. The molecule has 2 rings (SSSR count). The molecule has 0 amide bonds. The molecule has 4 nitrogen and oxygen atoms in total. The Bertz CT molecular complexity index is 339. The molecule has 0 bridgehead atoms. The molecule has 2 heterocycles. The maximum Gasteiger partial charge on any atom is 0.140 e. The monoisotopic (exact) mass is 271 g/mol. The van der Waals surface area contributed by atoms with Gasteiger partial charge in [0.25, 0.3) is 0 Å². The number of aromatic nitrogens is 1. The van der Waals surface area contributed by atoms with Crippen molar-refractivity contribution in [3.8, 4) is 0 Å². The number of anilines is 1. The highest BCUT2D eigenvalue weighted by molar-refractivity contribution is 9.10. The highest BCUT2D eigenvalue weighted by atomic mass is 79.9. The molecule has 1 aromatic rings. The molecule has 1 fully saturated rings. The van der Waals surface area contributed by atoms with Gasteiger partial charge in [0.1, 0.15) is 5.82 Å². The van der Waals surface area contributed by atoms with Crippen LogP contribution in [0.3, 0.4) is 0 Å². The highest BCUT2D eigenvalue weighted by Gasteiger charge is 2.10. The molecule has 1 aromatic heterocycles. The van der Waals surface area contributed by atoms with Crippen molar-refractivity contribution in [3.05, 3.63) is 22.3 Å². The van der Waals surface area contributed by atoms with Crippen molar-refractivity contribution in [1.82, 2.24) is 9.99 Å². The van der Waals surface area contributed by atoms with Crippen LogP contribution in [-0.4, -0.2) is 36.3 Å². The molecule has 82 valence electrons. The van der Waals surface area contributed by atoms with Gasteiger partial charge in [-0.3, -0.25) is 0 Å². The lowest BCUT2D eigenvalue weighted by Crippen LogP contribution is -2.40. The Kier molecular flexibility index (Phi) is 3.56. The van der Waals surface area contributed by atoms with Crippen molar-refractivity contribution in [2.45, 2.75) is 6.92 Å². The van der Waals surface area contributed by atoms with E-state index in [1.54, 1.807) is 0 Å². The normalized spacial score (nSPS) is 17.7. The van der Waals surface area contributed by atoms with E-state index in [-0.39, 0.29) is 0 Å². The second-order valence-electron chi connectivity index (χ2n) is 3.47. The maximum absolute atomic E-state index is 5.27. The summed E-state index contributed by atoms with van der Waals surface area (Å²) in [4.78, 5) is 4.43. The van der Waals surface area contributed by atoms with Crippen LogP contribution in [0.5, 0.6) is 0 Å². The van der Waals surface area contributed by atoms with Crippen molar-refractivity contribution in [2.24, 2.45) is 0 Å². The Morgan fingerprint density at radius 2 is 2.13 bits per heavy atom. The minimum atomic E-state index is 0.780. The summed E-state index contributed by atoms with van der Waals surface area (Å²) in [6, 6.07) is 3.97. The lowest BCUT2D eigenvalue weighted by molar-refractivity contribution is 0.0495. The zero-order valence-electron chi connectivity index (χ0n) is 8.66. The summed E-state index contributed by atoms with van der Waals surface area (Å²) in [5, 5.41) is 2.12. The molecule has 0 aromatic carbocycles. The van der Waals surface area contributed by atoms with Crippen LogP contribution in [-0.2, 0) is 4.74 Å². The quantitative estimate of drug-likeness (QED) is 0.891. The third-order valence-corrected chi connectivity index (χ3v) is 3.14. The number of hydrazine groups is 1. The predicted octanol–water partition coefficient (Wildman–Crippen LogP) is 1.81. The SMILES string of the molecule is Cc1nc(NN2CCOCC2)ccc1Br. The minimum absolute atomic E-state index is 0.780. The van der Waals surface area contributed by atoms with Crippen LogP contribution in [0.15, 0.2) is 16.6 Å². The first-order valence-corrected chi connectivity index (χ1v) is 5.77.